The maximum absolute atomic E-state index is 9.85. The van der Waals surface area contributed by atoms with Gasteiger partial charge in [0, 0.05) is 13.8 Å². The Hall–Kier alpha value is -0.525. The minimum absolute atomic E-state index is 0.176. The molecule has 0 aliphatic heterocycles. The molecule has 0 radical (unpaired) electrons. The Kier molecular flexibility index (Phi) is 12.0. The fourth-order valence-electron chi connectivity index (χ4n) is 0.321. The Bertz CT molecular complexity index is 192. The van der Waals surface area contributed by atoms with E-state index in [9.17, 15) is 14.4 Å². The van der Waals surface area contributed by atoms with Gasteiger partial charge < -0.3 is 0 Å². The van der Waals surface area contributed by atoms with Crippen LogP contribution < -0.4 is 0 Å². The van der Waals surface area contributed by atoms with Crippen molar-refractivity contribution in [3.05, 3.63) is 0 Å². The van der Waals surface area contributed by atoms with Crippen molar-refractivity contribution in [2.45, 2.75) is 20.8 Å². The van der Waals surface area contributed by atoms with Crippen molar-refractivity contribution >= 4 is 50.1 Å². The molecule has 0 unspecified atom stereocenters. The van der Waals surface area contributed by atoms with Gasteiger partial charge in [-0.3, -0.25) is 0 Å². The molecule has 0 amide bonds. The number of carbonyl (C=O) groups is 3. The molecule has 0 aromatic carbocycles. The first kappa shape index (κ1) is 15.9. The summed E-state index contributed by atoms with van der Waals surface area (Å²) in [5.74, 6) is -1.45. The van der Waals surface area contributed by atoms with E-state index < -0.39 is 11.9 Å². The Balaban J connectivity index is 0. The van der Waals surface area contributed by atoms with Gasteiger partial charge in [-0.25, -0.2) is 19.4 Å². The molecule has 0 aliphatic rings. The third-order valence-electron chi connectivity index (χ3n) is 0.624. The monoisotopic (exact) mass is 212 g/mol. The summed E-state index contributed by atoms with van der Waals surface area (Å²) in [6.07, 6.45) is 0. The van der Waals surface area contributed by atoms with Crippen LogP contribution in [-0.2, 0) is 28.8 Å². The van der Waals surface area contributed by atoms with Gasteiger partial charge in [-0.05, 0) is 0 Å². The van der Waals surface area contributed by atoms with Gasteiger partial charge in [0.25, 0.3) is 0 Å². The Morgan fingerprint density at radius 2 is 1.29 bits per heavy atom. The second-order valence-electron chi connectivity index (χ2n) is 2.07. The molecule has 6 nitrogen and oxygen atoms in total. The van der Waals surface area contributed by atoms with Crippen LogP contribution in [0.1, 0.15) is 20.8 Å². The predicted molar refractivity (Wildman–Crippen MR) is 48.2 cm³/mol. The second-order valence-corrected chi connectivity index (χ2v) is 2.65. The summed E-state index contributed by atoms with van der Waals surface area (Å²) in [4.78, 5) is 37.2. The summed E-state index contributed by atoms with van der Waals surface area (Å²) >= 11 is 0.944. The fraction of sp³-hybridized carbons (Fsp3) is 0.500. The molecule has 14 heavy (non-hydrogen) atoms. The van der Waals surface area contributed by atoms with Crippen LogP contribution in [-0.4, -0.2) is 50.1 Å². The third kappa shape index (κ3) is 22.5. The van der Waals surface area contributed by atoms with Crippen LogP contribution >= 0.6 is 0 Å². The number of hydrogen-bond donors (Lipinski definition) is 0. The van der Waals surface area contributed by atoms with Crippen molar-refractivity contribution < 1.29 is 28.8 Å². The van der Waals surface area contributed by atoms with E-state index in [1.807, 2.05) is 0 Å². The van der Waals surface area contributed by atoms with Crippen LogP contribution in [0.15, 0.2) is 0 Å². The summed E-state index contributed by atoms with van der Waals surface area (Å²) in [5.41, 5.74) is 0. The molecule has 0 atom stereocenters. The summed E-state index contributed by atoms with van der Waals surface area (Å²) in [6.45, 7) is 3.70. The van der Waals surface area contributed by atoms with Crippen molar-refractivity contribution in [1.29, 1.82) is 0 Å². The summed E-state index contributed by atoms with van der Waals surface area (Å²) < 4.78 is 5.08. The fourth-order valence-corrected chi connectivity index (χ4v) is 0.727. The molecule has 0 aliphatic carbocycles. The number of rotatable bonds is 1. The van der Waals surface area contributed by atoms with Crippen LogP contribution in [0.4, 0.5) is 0 Å². The van der Waals surface area contributed by atoms with Gasteiger partial charge in [0.15, 0.2) is 0 Å². The third-order valence-corrected chi connectivity index (χ3v) is 0.913. The van der Waals surface area contributed by atoms with Crippen molar-refractivity contribution in [2.75, 3.05) is 0 Å². The normalized spacial score (nSPS) is 7.50. The van der Waals surface area contributed by atoms with E-state index in [2.05, 4.69) is 14.4 Å². The van der Waals surface area contributed by atoms with Gasteiger partial charge in [0.1, 0.15) is 0 Å². The van der Waals surface area contributed by atoms with E-state index in [-0.39, 0.29) is 5.97 Å². The molecule has 0 saturated carbocycles. The van der Waals surface area contributed by atoms with Crippen molar-refractivity contribution in [2.24, 2.45) is 0 Å². The number of carbonyl (C=O) groups excluding carboxylic acids is 3. The number of hydrogen-bond acceptors (Lipinski definition) is 6. The van der Waals surface area contributed by atoms with E-state index in [0.29, 0.717) is 4.53 Å². The van der Waals surface area contributed by atoms with E-state index in [4.69, 9.17) is 0 Å². The van der Waals surface area contributed by atoms with E-state index in [1.54, 1.807) is 0 Å². The molecule has 8 heteroatoms. The van der Waals surface area contributed by atoms with E-state index in [0.717, 1.165) is 41.5 Å². The summed E-state index contributed by atoms with van der Waals surface area (Å²) in [5, 5.41) is 0. The van der Waals surface area contributed by atoms with Crippen LogP contribution in [0.2, 0.25) is 0 Å². The average molecular weight is 212 g/mol. The molecule has 0 heterocycles. The Labute approximate surface area is 99.5 Å². The quantitative estimate of drug-likeness (QED) is 0.315. The zero-order valence-corrected chi connectivity index (χ0v) is 10.7. The standard InChI is InChI=1S/C4H6O4.C2H4BO2.Na/c1-3(5)7-8-4(2)6;1-2(4)5-3;/h1-2H3;3H,1H3;/q;+1;-1. The molecule has 0 aromatic heterocycles. The van der Waals surface area contributed by atoms with E-state index in [1.165, 1.54) is 6.92 Å². The molecule has 0 N–H and O–H groups in total. The Morgan fingerprint density at radius 3 is 1.36 bits per heavy atom. The minimum atomic E-state index is -0.639. The molecule has 0 fully saturated rings. The first-order valence-corrected chi connectivity index (χ1v) is 5.30. The maximum atomic E-state index is 9.85. The first-order chi connectivity index (χ1) is 6.40. The van der Waals surface area contributed by atoms with Gasteiger partial charge in [-0.15, -0.1) is 0 Å². The van der Waals surface area contributed by atoms with Gasteiger partial charge in [-0.1, -0.05) is 0 Å². The van der Waals surface area contributed by atoms with Crippen LogP contribution in [0.25, 0.3) is 0 Å². The molecule has 0 bridgehead atoms. The zero-order chi connectivity index (χ0) is 11.6. The molecular formula is C6H10BNaO6. The SMILES string of the molecule is CC(=O)OOC(C)=O.CC(=O)O[BH][Na]. The zero-order valence-electron chi connectivity index (χ0n) is 8.66. The van der Waals surface area contributed by atoms with Crippen LogP contribution in [0.5, 0.6) is 0 Å². The van der Waals surface area contributed by atoms with Crippen LogP contribution in [0.3, 0.4) is 0 Å². The van der Waals surface area contributed by atoms with Gasteiger partial charge in [0.05, 0.1) is 0 Å². The Morgan fingerprint density at radius 1 is 0.929 bits per heavy atom. The molecule has 0 spiro atoms. The van der Waals surface area contributed by atoms with Crippen LogP contribution in [0, 0.1) is 0 Å². The summed E-state index contributed by atoms with van der Waals surface area (Å²) in [7, 11) is 0. The molecular weight excluding hydrogens is 202 g/mol. The first-order valence-electron chi connectivity index (χ1n) is 3.89. The topological polar surface area (TPSA) is 78.9 Å². The second kappa shape index (κ2) is 10.6. The van der Waals surface area contributed by atoms with Crippen molar-refractivity contribution in [1.82, 2.24) is 0 Å². The van der Waals surface area contributed by atoms with Crippen molar-refractivity contribution in [3.8, 4) is 0 Å². The van der Waals surface area contributed by atoms with Gasteiger partial charge in [0.2, 0.25) is 0 Å². The molecule has 74 valence electrons. The average Bonchev–Trinajstić information content (AvgIpc) is 2.01. The van der Waals surface area contributed by atoms with Gasteiger partial charge in [-0.2, -0.15) is 0 Å². The molecule has 0 aromatic rings. The van der Waals surface area contributed by atoms with Crippen molar-refractivity contribution in [3.63, 3.8) is 0 Å². The molecule has 0 rings (SSSR count). The van der Waals surface area contributed by atoms with E-state index >= 15 is 0 Å². The summed E-state index contributed by atoms with van der Waals surface area (Å²) in [6, 6.07) is 0. The predicted octanol–water partition coefficient (Wildman–Crippen LogP) is -0.988. The molecule has 0 saturated heterocycles. The van der Waals surface area contributed by atoms with Gasteiger partial charge >= 0.3 is 66.5 Å².